The molecule has 15 aliphatic rings. The van der Waals surface area contributed by atoms with E-state index in [-0.39, 0.29) is 48.7 Å². The summed E-state index contributed by atoms with van der Waals surface area (Å²) in [6.07, 6.45) is 25.5. The van der Waals surface area contributed by atoms with Crippen LogP contribution >= 0.6 is 58.0 Å². The second-order valence-corrected chi connectivity index (χ2v) is 57.0. The number of rotatable bonds is 20. The number of amides is 5. The van der Waals surface area contributed by atoms with Gasteiger partial charge in [-0.1, -0.05) is 12.2 Å². The number of carbonyl (C=O) groups excluding carboxylic acids is 8. The van der Waals surface area contributed by atoms with E-state index in [1.54, 1.807) is 25.2 Å². The first-order valence-corrected chi connectivity index (χ1v) is 57.0. The summed E-state index contributed by atoms with van der Waals surface area (Å²) in [6, 6.07) is -3.73. The topological polar surface area (TPSA) is 469 Å². The van der Waals surface area contributed by atoms with E-state index in [2.05, 4.69) is 26.6 Å². The first-order chi connectivity index (χ1) is 51.5. The van der Waals surface area contributed by atoms with Gasteiger partial charge in [0.1, 0.15) is 0 Å². The molecule has 3 unspecified atom stereocenters. The predicted molar refractivity (Wildman–Crippen MR) is 396 cm³/mol. The van der Waals surface area contributed by atoms with Crippen LogP contribution in [0.1, 0.15) is 135 Å². The molecule has 5 aliphatic carbocycles. The van der Waals surface area contributed by atoms with Crippen molar-refractivity contribution in [2.24, 2.45) is 47.3 Å². The molecule has 5 amide bonds. The average Bonchev–Trinajstić information content (AvgIpc) is 1.56. The van der Waals surface area contributed by atoms with Crippen LogP contribution in [0.25, 0.3) is 0 Å². The number of aliphatic hydroxyl groups is 5. The minimum atomic E-state index is -5.71. The van der Waals surface area contributed by atoms with Crippen LogP contribution in [-0.4, -0.2) is 239 Å². The van der Waals surface area contributed by atoms with E-state index in [1.165, 1.54) is 4.12 Å². The first kappa shape index (κ1) is 86.9. The van der Waals surface area contributed by atoms with Crippen LogP contribution in [0.4, 0.5) is 0 Å². The van der Waals surface area contributed by atoms with Crippen molar-refractivity contribution < 1.29 is 98.6 Å². The summed E-state index contributed by atoms with van der Waals surface area (Å²) in [5, 5.41) is 65.6. The molecule has 8 saturated heterocycles. The molecular formula is C71H92Cl5N5O23SSeTe3. The fourth-order valence-electron chi connectivity index (χ4n) is 19.3. The molecule has 0 aromatic heterocycles. The number of carbonyl (C=O) groups is 8. The molecule has 8 fully saturated rings. The summed E-state index contributed by atoms with van der Waals surface area (Å²) >= 11 is 7.18. The van der Waals surface area contributed by atoms with Gasteiger partial charge in [-0.25, -0.2) is 8.42 Å². The summed E-state index contributed by atoms with van der Waals surface area (Å²) < 4.78 is 118. The van der Waals surface area contributed by atoms with Gasteiger partial charge in [-0.05, 0) is 25.7 Å². The number of fused-ring (bicyclic) bond motifs is 5. The molecule has 0 bridgehead atoms. The van der Waals surface area contributed by atoms with Gasteiger partial charge in [0.05, 0.1) is 18.1 Å². The van der Waals surface area contributed by atoms with Crippen LogP contribution in [-0.2, 0) is 74.5 Å². The molecule has 0 aromatic rings. The van der Waals surface area contributed by atoms with Gasteiger partial charge in [0.2, 0.25) is 20.5 Å². The summed E-state index contributed by atoms with van der Waals surface area (Å²) in [4.78, 5) is 97.9. The molecule has 604 valence electrons. The SMILES string of the molecule is CC1=C(CCCl)[C@@H]2NC(=O)[C@]2([C@@H](O)[C@@H]2C=CCCC2)[Te]1(=O)=O.O=C1N[C@H]2C(CCCl)=C[Te](=O)(=O)[C@@]12[C@@H](O)[C@@H]1C=CCCC1.O=C1N[C@H]2C(CCCl)C(=O)S(=O)(=O)[C@@]12[C@@H](O)[C@@H]1C=CCCC1.O=C1N[C@H]2C(CCCl)C(=O)[Se](=O)(=O)[C@@]12[C@@H](O)[C@@H]1C=CCCC1.O=C1N[C@H]2C(CCCl)C(=O)[Te](=O)(=O)[C@@]12[C@@H](O)[C@@H]1C=CCCC1. The predicted octanol–water partition coefficient (Wildman–Crippen LogP) is 4.46. The van der Waals surface area contributed by atoms with E-state index in [9.17, 15) is 98.6 Å². The fraction of sp³-hybridized carbons (Fsp3) is 0.690. The van der Waals surface area contributed by atoms with E-state index in [1.807, 2.05) is 42.5 Å². The number of sulfone groups is 1. The van der Waals surface area contributed by atoms with Crippen molar-refractivity contribution in [1.82, 2.24) is 26.6 Å². The van der Waals surface area contributed by atoms with Crippen molar-refractivity contribution in [2.45, 2.75) is 216 Å². The molecule has 10 aliphatic heterocycles. The molecule has 15 rings (SSSR count). The number of allylic oxidation sites excluding steroid dienone is 6. The maximum atomic E-state index is 13.0. The van der Waals surface area contributed by atoms with Gasteiger partial charge in [-0.3, -0.25) is 9.59 Å². The number of halogens is 5. The summed E-state index contributed by atoms with van der Waals surface area (Å²) in [6.45, 7) is 1.56. The Balaban J connectivity index is 0.000000135. The third kappa shape index (κ3) is 13.1. The molecule has 10 N–H and O–H groups in total. The van der Waals surface area contributed by atoms with Gasteiger partial charge >= 0.3 is 542 Å². The zero-order valence-electron chi connectivity index (χ0n) is 59.4. The zero-order chi connectivity index (χ0) is 79.7. The molecular weight excluding hydrogens is 1960 g/mol. The van der Waals surface area contributed by atoms with Crippen LogP contribution in [0.5, 0.6) is 0 Å². The number of alkyl halides is 5. The Kier molecular flexibility index (Phi) is 26.5. The molecule has 10 heterocycles. The first-order valence-electron chi connectivity index (χ1n) is 36.8. The van der Waals surface area contributed by atoms with Crippen LogP contribution in [0, 0.1) is 47.3 Å². The molecule has 0 spiro atoms. The minimum absolute atomic E-state index is 0.119. The third-order valence-electron chi connectivity index (χ3n) is 25.2. The van der Waals surface area contributed by atoms with Crippen molar-refractivity contribution in [3.63, 3.8) is 0 Å². The Morgan fingerprint density at radius 1 is 0.468 bits per heavy atom. The van der Waals surface area contributed by atoms with E-state index < -0.39 is 236 Å². The molecule has 28 nitrogen and oxygen atoms in total. The maximum absolute atomic E-state index is 13.0. The standard InChI is InChI=1S/C15H20ClNO4Te.C14H18ClNO5S.C14H18ClNO5Se.C14H18ClNO5Te.C14H18ClNO4Te/c1-9-11(7-8-16)12-15(14(19)17-12,22(9,20)21)13(18)10-5-3-2-4-6-10;3*15-7-6-9-10-14(13(19)16-10,22(20,21)12(9)18)11(17)8-4-2-1-3-5-8;15-7-6-10-8-21(19,20)14(11(10)16-13(14)18)12(17)9-4-2-1-3-5-9/h3,5,10,12-13,18H,2,4,6-8H2,1H3,(H,17,19);3*2,4,8-11,17H,1,3,5-7H2,(H,16,19);2,4,8-9,11-12,17H,1,3,5-7H2,(H,16,18)/t10-,12+,13+,15+;3*8-,9?,10+,11+,14+;9-,11+,12+,14+/m11111/s1. The van der Waals surface area contributed by atoms with Crippen LogP contribution in [0.15, 0.2) is 79.7 Å². The van der Waals surface area contributed by atoms with Crippen molar-refractivity contribution in [1.29, 1.82) is 0 Å². The van der Waals surface area contributed by atoms with Gasteiger partial charge < -0.3 is 10.4 Å². The Bertz CT molecular complexity index is 4280. The number of hydrogen-bond acceptors (Lipinski definition) is 23. The molecule has 109 heavy (non-hydrogen) atoms. The third-order valence-corrected chi connectivity index (χ3v) is 54.3. The second-order valence-electron chi connectivity index (χ2n) is 30.4. The monoisotopic (exact) mass is 2060 g/mol. The fourth-order valence-corrected chi connectivity index (χ4v) is 47.5. The van der Waals surface area contributed by atoms with Gasteiger partial charge in [-0.2, -0.15) is 0 Å². The second kappa shape index (κ2) is 33.2. The van der Waals surface area contributed by atoms with Crippen molar-refractivity contribution in [3.05, 3.63) is 79.7 Å². The van der Waals surface area contributed by atoms with E-state index in [0.29, 0.717) is 71.5 Å². The summed E-state index contributed by atoms with van der Waals surface area (Å²) in [7, 11) is -4.39. The van der Waals surface area contributed by atoms with Gasteiger partial charge in [-0.15, -0.1) is 11.6 Å². The van der Waals surface area contributed by atoms with E-state index >= 15 is 0 Å². The zero-order valence-corrected chi connectivity index (χ0v) is 72.7. The van der Waals surface area contributed by atoms with Gasteiger partial charge in [0.15, 0.2) is 0 Å². The summed E-state index contributed by atoms with van der Waals surface area (Å²) in [5.74, 6) is -6.68. The van der Waals surface area contributed by atoms with Gasteiger partial charge in [0.25, 0.3) is 5.12 Å². The van der Waals surface area contributed by atoms with Crippen LogP contribution in [0.2, 0.25) is 14.7 Å². The quantitative estimate of drug-likeness (QED) is 0.0348. The Hall–Kier alpha value is -2.97. The number of hydrogen-bond donors (Lipinski definition) is 10. The molecule has 0 radical (unpaired) electrons. The van der Waals surface area contributed by atoms with Gasteiger partial charge in [0, 0.05) is 11.8 Å². The van der Waals surface area contributed by atoms with Crippen molar-refractivity contribution in [2.75, 3.05) is 29.4 Å². The Labute approximate surface area is 668 Å². The van der Waals surface area contributed by atoms with E-state index in [4.69, 9.17) is 58.0 Å². The van der Waals surface area contributed by atoms with Crippen molar-refractivity contribution >= 4 is 178 Å². The van der Waals surface area contributed by atoms with Crippen molar-refractivity contribution in [3.8, 4) is 0 Å². The number of aliphatic hydroxyl groups excluding tert-OH is 5. The van der Waals surface area contributed by atoms with Crippen LogP contribution in [0.3, 0.4) is 0 Å². The molecule has 38 heteroatoms. The number of nitrogens with one attached hydrogen (secondary N) is 5. The molecule has 23 atom stereocenters. The number of β-lactam (4-membered cyclic amide) rings is 5. The average molecular weight is 2050 g/mol. The normalized spacial score (nSPS) is 39.6. The molecule has 0 aromatic carbocycles. The van der Waals surface area contributed by atoms with E-state index in [0.717, 1.165) is 64.2 Å². The summed E-state index contributed by atoms with van der Waals surface area (Å²) in [5.41, 5.74) is 1.31. The Morgan fingerprint density at radius 2 is 0.872 bits per heavy atom. The van der Waals surface area contributed by atoms with Crippen LogP contribution < -0.4 is 26.6 Å². The Morgan fingerprint density at radius 3 is 1.29 bits per heavy atom. The molecule has 0 saturated carbocycles.